The van der Waals surface area contributed by atoms with E-state index in [2.05, 4.69) is 9.88 Å². The van der Waals surface area contributed by atoms with Gasteiger partial charge >= 0.3 is 12.4 Å². The molecule has 0 radical (unpaired) electrons. The molecule has 0 spiro atoms. The maximum atomic E-state index is 13.7. The number of carbonyl (C=O) groups is 1. The van der Waals surface area contributed by atoms with E-state index in [-0.39, 0.29) is 17.3 Å². The van der Waals surface area contributed by atoms with Gasteiger partial charge in [-0.2, -0.15) is 26.3 Å². The number of rotatable bonds is 5. The van der Waals surface area contributed by atoms with Crippen LogP contribution < -0.4 is 4.90 Å². The van der Waals surface area contributed by atoms with Crippen LogP contribution in [0.15, 0.2) is 54.6 Å². The van der Waals surface area contributed by atoms with Crippen LogP contribution in [0.3, 0.4) is 0 Å². The number of alkyl halides is 6. The Morgan fingerprint density at radius 1 is 0.872 bits per heavy atom. The first-order chi connectivity index (χ1) is 18.2. The first-order valence-electron chi connectivity index (χ1n) is 12.3. The van der Waals surface area contributed by atoms with Crippen LogP contribution in [0.5, 0.6) is 0 Å². The van der Waals surface area contributed by atoms with Crippen molar-refractivity contribution in [2.24, 2.45) is 0 Å². The Bertz CT molecular complexity index is 1310. The summed E-state index contributed by atoms with van der Waals surface area (Å²) in [5, 5.41) is 0. The topological polar surface area (TPSA) is 39.7 Å². The monoisotopic (exact) mass is 550 g/mol. The van der Waals surface area contributed by atoms with E-state index in [9.17, 15) is 31.1 Å². The Labute approximate surface area is 222 Å². The van der Waals surface area contributed by atoms with Gasteiger partial charge in [-0.05, 0) is 61.0 Å². The van der Waals surface area contributed by atoms with Crippen LogP contribution in [0.4, 0.5) is 32.2 Å². The minimum absolute atomic E-state index is 0.0721. The van der Waals surface area contributed by atoms with Crippen molar-refractivity contribution in [3.05, 3.63) is 82.5 Å². The summed E-state index contributed by atoms with van der Waals surface area (Å²) in [5.41, 5.74) is -0.899. The molecule has 1 saturated heterocycles. The highest BCUT2D eigenvalue weighted by Gasteiger charge is 2.37. The van der Waals surface area contributed by atoms with E-state index in [0.29, 0.717) is 36.6 Å². The van der Waals surface area contributed by atoms with Crippen molar-refractivity contribution in [3.8, 4) is 11.1 Å². The number of halogens is 6. The highest BCUT2D eigenvalue weighted by Crippen LogP contribution is 2.37. The fraction of sp³-hybridized carbons (Fsp3) is 0.357. The number of pyridine rings is 1. The summed E-state index contributed by atoms with van der Waals surface area (Å²) in [5.74, 6) is -0.0363. The molecule has 3 aromatic rings. The zero-order valence-electron chi connectivity index (χ0n) is 21.7. The lowest BCUT2D eigenvalue weighted by Crippen LogP contribution is -2.45. The molecule has 0 N–H and O–H groups in total. The summed E-state index contributed by atoms with van der Waals surface area (Å²) in [6, 6.07) is 12.3. The number of hydrogen-bond acceptors (Lipinski definition) is 4. The van der Waals surface area contributed by atoms with E-state index in [1.54, 1.807) is 6.07 Å². The van der Waals surface area contributed by atoms with Crippen LogP contribution in [-0.2, 0) is 18.9 Å². The van der Waals surface area contributed by atoms with Crippen molar-refractivity contribution in [2.45, 2.75) is 25.8 Å². The van der Waals surface area contributed by atoms with Crippen molar-refractivity contribution in [2.75, 3.05) is 45.2 Å². The zero-order chi connectivity index (χ0) is 28.5. The van der Waals surface area contributed by atoms with Crippen molar-refractivity contribution < 1.29 is 31.1 Å². The summed E-state index contributed by atoms with van der Waals surface area (Å²) in [6.45, 7) is 4.41. The molecular formula is C28H28F6N4O. The smallest absolute Gasteiger partial charge is 0.354 e. The number of nitrogens with zero attached hydrogens (tertiary/aromatic N) is 4. The molecule has 1 aliphatic heterocycles. The molecule has 5 nitrogen and oxygen atoms in total. The van der Waals surface area contributed by atoms with E-state index in [0.717, 1.165) is 29.1 Å². The normalized spacial score (nSPS) is 14.9. The number of hydrogen-bond donors (Lipinski definition) is 0. The van der Waals surface area contributed by atoms with Gasteiger partial charge in [-0.1, -0.05) is 24.3 Å². The number of anilines is 1. The molecule has 0 atom stereocenters. The Morgan fingerprint density at radius 3 is 2.03 bits per heavy atom. The molecule has 208 valence electrons. The fourth-order valence-electron chi connectivity index (χ4n) is 4.55. The predicted octanol–water partition coefficient (Wildman–Crippen LogP) is 6.12. The number of benzene rings is 2. The molecule has 1 aliphatic rings. The minimum atomic E-state index is -4.98. The first-order valence-corrected chi connectivity index (χ1v) is 12.3. The maximum absolute atomic E-state index is 13.7. The number of aryl methyl sites for hydroxylation is 1. The molecule has 0 unspecified atom stereocenters. The third-order valence-corrected chi connectivity index (χ3v) is 6.76. The summed E-state index contributed by atoms with van der Waals surface area (Å²) < 4.78 is 80.1. The second-order valence-corrected chi connectivity index (χ2v) is 9.75. The van der Waals surface area contributed by atoms with Gasteiger partial charge in [0.05, 0.1) is 11.1 Å². The van der Waals surface area contributed by atoms with Crippen LogP contribution in [0.25, 0.3) is 11.1 Å². The van der Waals surface area contributed by atoms with Crippen molar-refractivity contribution in [3.63, 3.8) is 0 Å². The Hall–Kier alpha value is -3.60. The Kier molecular flexibility index (Phi) is 7.92. The molecule has 1 aromatic heterocycles. The molecular weight excluding hydrogens is 522 g/mol. The largest absolute Gasteiger partial charge is 0.416 e. The third-order valence-electron chi connectivity index (χ3n) is 6.76. The van der Waals surface area contributed by atoms with Gasteiger partial charge in [0, 0.05) is 45.3 Å². The average Bonchev–Trinajstić information content (AvgIpc) is 2.87. The molecule has 0 aliphatic carbocycles. The molecule has 0 saturated carbocycles. The number of carbonyl (C=O) groups excluding carboxylic acids is 1. The average molecular weight is 551 g/mol. The minimum Gasteiger partial charge on any atom is -0.354 e. The highest BCUT2D eigenvalue weighted by atomic mass is 19.4. The van der Waals surface area contributed by atoms with E-state index in [1.165, 1.54) is 7.05 Å². The quantitative estimate of drug-likeness (QED) is 0.359. The van der Waals surface area contributed by atoms with Crippen molar-refractivity contribution >= 4 is 11.7 Å². The standard InChI is InChI=1S/C28H28F6N4O/c1-18-6-4-5-7-22(18)23-8-9-24(38-12-10-36(2)11-13-38)35-25(23)26(39)37(3)17-19-14-20(27(29,30)31)16-21(15-19)28(32,33)34/h4-9,14-16H,10-13,17H2,1-3H3. The van der Waals surface area contributed by atoms with Crippen LogP contribution >= 0.6 is 0 Å². The molecule has 2 heterocycles. The second kappa shape index (κ2) is 10.9. The van der Waals surface area contributed by atoms with Crippen LogP contribution in [-0.4, -0.2) is 61.0 Å². The number of aromatic nitrogens is 1. The summed E-state index contributed by atoms with van der Waals surface area (Å²) in [6.07, 6.45) is -9.95. The van der Waals surface area contributed by atoms with E-state index in [1.807, 2.05) is 49.2 Å². The van der Waals surface area contributed by atoms with Crippen molar-refractivity contribution in [1.82, 2.24) is 14.8 Å². The molecule has 11 heteroatoms. The van der Waals surface area contributed by atoms with Gasteiger partial charge in [0.15, 0.2) is 0 Å². The maximum Gasteiger partial charge on any atom is 0.416 e. The Morgan fingerprint density at radius 2 is 1.46 bits per heavy atom. The highest BCUT2D eigenvalue weighted by molar-refractivity contribution is 5.99. The Balaban J connectivity index is 1.72. The zero-order valence-corrected chi connectivity index (χ0v) is 21.7. The molecule has 2 aromatic carbocycles. The van der Waals surface area contributed by atoms with Crippen LogP contribution in [0.1, 0.15) is 32.7 Å². The van der Waals surface area contributed by atoms with Gasteiger partial charge in [-0.15, -0.1) is 0 Å². The SMILES string of the molecule is Cc1ccccc1-c1ccc(N2CCN(C)CC2)nc1C(=O)N(C)Cc1cc(C(F)(F)F)cc(C(F)(F)F)c1. The third kappa shape index (κ3) is 6.52. The summed E-state index contributed by atoms with van der Waals surface area (Å²) >= 11 is 0. The lowest BCUT2D eigenvalue weighted by molar-refractivity contribution is -0.143. The van der Waals surface area contributed by atoms with Gasteiger partial charge in [0.1, 0.15) is 11.5 Å². The van der Waals surface area contributed by atoms with E-state index >= 15 is 0 Å². The van der Waals surface area contributed by atoms with E-state index in [4.69, 9.17) is 0 Å². The fourth-order valence-corrected chi connectivity index (χ4v) is 4.55. The number of piperazine rings is 1. The van der Waals surface area contributed by atoms with Gasteiger partial charge in [0.2, 0.25) is 0 Å². The van der Waals surface area contributed by atoms with E-state index < -0.39 is 35.9 Å². The van der Waals surface area contributed by atoms with Crippen molar-refractivity contribution in [1.29, 1.82) is 0 Å². The van der Waals surface area contributed by atoms with Gasteiger partial charge < -0.3 is 14.7 Å². The van der Waals surface area contributed by atoms with Crippen LogP contribution in [0, 0.1) is 6.92 Å². The summed E-state index contributed by atoms with van der Waals surface area (Å²) in [4.78, 5) is 23.7. The summed E-state index contributed by atoms with van der Waals surface area (Å²) in [7, 11) is 3.34. The molecule has 1 amide bonds. The molecule has 1 fully saturated rings. The molecule has 4 rings (SSSR count). The second-order valence-electron chi connectivity index (χ2n) is 9.75. The first kappa shape index (κ1) is 28.4. The van der Waals surface area contributed by atoms with Gasteiger partial charge in [-0.3, -0.25) is 4.79 Å². The molecule has 0 bridgehead atoms. The van der Waals surface area contributed by atoms with Crippen LogP contribution in [0.2, 0.25) is 0 Å². The van der Waals surface area contributed by atoms with Gasteiger partial charge in [-0.25, -0.2) is 4.98 Å². The predicted molar refractivity (Wildman–Crippen MR) is 136 cm³/mol. The lowest BCUT2D eigenvalue weighted by atomic mass is 9.98. The number of likely N-dealkylation sites (N-methyl/N-ethyl adjacent to an activating group) is 1. The lowest BCUT2D eigenvalue weighted by Gasteiger charge is -2.33. The number of amides is 1. The van der Waals surface area contributed by atoms with Gasteiger partial charge in [0.25, 0.3) is 5.91 Å². The molecule has 39 heavy (non-hydrogen) atoms.